The van der Waals surface area contributed by atoms with E-state index in [4.69, 9.17) is 0 Å². The largest absolute Gasteiger partial charge is 0.213 e. The van der Waals surface area contributed by atoms with Gasteiger partial charge in [-0.2, -0.15) is 0 Å². The molecule has 2 aliphatic rings. The molecule has 0 N–H and O–H groups in total. The minimum absolute atomic E-state index is 0.216. The highest BCUT2D eigenvalue weighted by Crippen LogP contribution is 2.50. The van der Waals surface area contributed by atoms with Crippen LogP contribution in [-0.4, -0.2) is 0 Å². The van der Waals surface area contributed by atoms with Crippen LogP contribution in [0, 0.1) is 13.8 Å². The van der Waals surface area contributed by atoms with Crippen molar-refractivity contribution < 1.29 is 4.57 Å². The van der Waals surface area contributed by atoms with E-state index in [0.29, 0.717) is 0 Å². The van der Waals surface area contributed by atoms with Gasteiger partial charge in [0.05, 0.1) is 5.56 Å². The van der Waals surface area contributed by atoms with Gasteiger partial charge >= 0.3 is 0 Å². The first-order chi connectivity index (χ1) is 13.6. The highest BCUT2D eigenvalue weighted by atomic mass is 14.9. The van der Waals surface area contributed by atoms with Crippen molar-refractivity contribution in [3.8, 4) is 22.4 Å². The number of fused-ring (bicyclic) bond motifs is 4. The quantitative estimate of drug-likeness (QED) is 0.339. The van der Waals surface area contributed by atoms with Gasteiger partial charge in [-0.3, -0.25) is 0 Å². The Labute approximate surface area is 175 Å². The lowest BCUT2D eigenvalue weighted by Gasteiger charge is -2.22. The standard InChI is InChI=1S/C28H32N/c1-17-8-10-20-19(12-17)13-22-21(20)11-9-18(2)26(22)25-14-23-24(15-29(25)7)28(5,6)16-27(23,3)4/h8-12,14-15H,13,16H2,1-7H3/q+1. The molecule has 0 aliphatic heterocycles. The maximum absolute atomic E-state index is 2.50. The average Bonchev–Trinajstić information content (AvgIpc) is 3.05. The molecule has 0 fully saturated rings. The molecular weight excluding hydrogens is 350 g/mol. The Balaban J connectivity index is 1.76. The van der Waals surface area contributed by atoms with Crippen molar-refractivity contribution in [2.24, 2.45) is 7.05 Å². The van der Waals surface area contributed by atoms with Gasteiger partial charge in [-0.25, -0.2) is 4.57 Å². The lowest BCUT2D eigenvalue weighted by molar-refractivity contribution is -0.661. The fourth-order valence-electron chi connectivity index (χ4n) is 6.17. The molecule has 0 saturated carbocycles. The number of aromatic nitrogens is 1. The van der Waals surface area contributed by atoms with Gasteiger partial charge in [-0.15, -0.1) is 0 Å². The zero-order valence-corrected chi connectivity index (χ0v) is 18.9. The van der Waals surface area contributed by atoms with Crippen molar-refractivity contribution in [2.45, 2.75) is 65.2 Å². The number of benzene rings is 2. The summed E-state index contributed by atoms with van der Waals surface area (Å²) in [6, 6.07) is 14.1. The molecule has 0 amide bonds. The van der Waals surface area contributed by atoms with Crippen LogP contribution in [0.4, 0.5) is 0 Å². The van der Waals surface area contributed by atoms with E-state index in [1.54, 1.807) is 0 Å². The molecule has 0 unspecified atom stereocenters. The third-order valence-corrected chi connectivity index (χ3v) is 7.31. The lowest BCUT2D eigenvalue weighted by Crippen LogP contribution is -2.33. The molecule has 2 aliphatic carbocycles. The Morgan fingerprint density at radius 2 is 1.52 bits per heavy atom. The minimum atomic E-state index is 0.216. The topological polar surface area (TPSA) is 3.88 Å². The first kappa shape index (κ1) is 18.6. The molecule has 0 saturated heterocycles. The van der Waals surface area contributed by atoms with Crippen LogP contribution < -0.4 is 4.57 Å². The van der Waals surface area contributed by atoms with E-state index in [1.807, 2.05) is 0 Å². The summed E-state index contributed by atoms with van der Waals surface area (Å²) in [7, 11) is 2.22. The van der Waals surface area contributed by atoms with Gasteiger partial charge in [0.25, 0.3) is 0 Å². The summed E-state index contributed by atoms with van der Waals surface area (Å²) < 4.78 is 2.37. The monoisotopic (exact) mass is 382 g/mol. The van der Waals surface area contributed by atoms with Crippen molar-refractivity contribution in [3.63, 3.8) is 0 Å². The van der Waals surface area contributed by atoms with Gasteiger partial charge in [-0.1, -0.05) is 63.6 Å². The van der Waals surface area contributed by atoms with Crippen LogP contribution in [0.3, 0.4) is 0 Å². The maximum atomic E-state index is 2.50. The van der Waals surface area contributed by atoms with Gasteiger partial charge < -0.3 is 0 Å². The predicted molar refractivity (Wildman–Crippen MR) is 121 cm³/mol. The maximum Gasteiger partial charge on any atom is 0.213 e. The Kier molecular flexibility index (Phi) is 3.73. The third kappa shape index (κ3) is 2.63. The first-order valence-corrected chi connectivity index (χ1v) is 10.9. The SMILES string of the molecule is Cc1ccc2c(c1)Cc1c-2ccc(C)c1-c1cc2c(c[n+]1C)C(C)(C)CC2(C)C. The molecule has 29 heavy (non-hydrogen) atoms. The summed E-state index contributed by atoms with van der Waals surface area (Å²) in [5, 5.41) is 0. The van der Waals surface area contributed by atoms with E-state index in [1.165, 1.54) is 62.2 Å². The molecule has 1 aromatic heterocycles. The number of hydrogen-bond acceptors (Lipinski definition) is 0. The lowest BCUT2D eigenvalue weighted by atomic mass is 9.82. The molecule has 3 aromatic rings. The molecule has 1 heteroatoms. The Hall–Kier alpha value is -2.41. The molecule has 2 aromatic carbocycles. The van der Waals surface area contributed by atoms with Gasteiger partial charge in [0, 0.05) is 11.6 Å². The second kappa shape index (κ2) is 5.81. The summed E-state index contributed by atoms with van der Waals surface area (Å²) in [6.45, 7) is 14.1. The van der Waals surface area contributed by atoms with Crippen molar-refractivity contribution >= 4 is 0 Å². The van der Waals surface area contributed by atoms with Gasteiger partial charge in [0.2, 0.25) is 5.69 Å². The smallest absolute Gasteiger partial charge is 0.201 e. The molecule has 1 heterocycles. The molecule has 0 bridgehead atoms. The molecule has 0 spiro atoms. The molecule has 5 rings (SSSR count). The summed E-state index contributed by atoms with van der Waals surface area (Å²) in [5.74, 6) is 0. The Morgan fingerprint density at radius 3 is 2.28 bits per heavy atom. The van der Waals surface area contributed by atoms with Crippen LogP contribution in [0.25, 0.3) is 22.4 Å². The number of nitrogens with zero attached hydrogens (tertiary/aromatic N) is 1. The van der Waals surface area contributed by atoms with Gasteiger partial charge in [0.15, 0.2) is 6.20 Å². The van der Waals surface area contributed by atoms with Crippen LogP contribution in [0.15, 0.2) is 42.6 Å². The van der Waals surface area contributed by atoms with E-state index >= 15 is 0 Å². The van der Waals surface area contributed by atoms with Crippen molar-refractivity contribution in [1.82, 2.24) is 0 Å². The molecule has 0 atom stereocenters. The normalized spacial score (nSPS) is 17.8. The minimum Gasteiger partial charge on any atom is -0.201 e. The fourth-order valence-corrected chi connectivity index (χ4v) is 6.17. The van der Waals surface area contributed by atoms with Crippen LogP contribution in [0.1, 0.15) is 67.5 Å². The van der Waals surface area contributed by atoms with E-state index < -0.39 is 0 Å². The number of rotatable bonds is 1. The Bertz CT molecular complexity index is 1180. The van der Waals surface area contributed by atoms with E-state index in [9.17, 15) is 0 Å². The van der Waals surface area contributed by atoms with Gasteiger partial charge in [0.1, 0.15) is 7.05 Å². The second-order valence-corrected chi connectivity index (χ2v) is 10.7. The van der Waals surface area contributed by atoms with Crippen molar-refractivity contribution in [3.05, 3.63) is 76.0 Å². The van der Waals surface area contributed by atoms with Crippen LogP contribution in [-0.2, 0) is 24.3 Å². The van der Waals surface area contributed by atoms with Crippen molar-refractivity contribution in [2.75, 3.05) is 0 Å². The van der Waals surface area contributed by atoms with Crippen molar-refractivity contribution in [1.29, 1.82) is 0 Å². The summed E-state index contributed by atoms with van der Waals surface area (Å²) in [5.41, 5.74) is 14.8. The molecule has 148 valence electrons. The van der Waals surface area contributed by atoms with E-state index in [-0.39, 0.29) is 10.8 Å². The molecule has 1 nitrogen and oxygen atoms in total. The number of aryl methyl sites for hydroxylation is 3. The third-order valence-electron chi connectivity index (χ3n) is 7.31. The molecular formula is C28H32N+. The Morgan fingerprint density at radius 1 is 0.828 bits per heavy atom. The fraction of sp³-hybridized carbons (Fsp3) is 0.393. The number of hydrogen-bond donors (Lipinski definition) is 0. The van der Waals surface area contributed by atoms with Crippen LogP contribution in [0.5, 0.6) is 0 Å². The van der Waals surface area contributed by atoms with E-state index in [0.717, 1.165) is 6.42 Å². The first-order valence-electron chi connectivity index (χ1n) is 10.9. The summed E-state index contributed by atoms with van der Waals surface area (Å²) in [4.78, 5) is 0. The van der Waals surface area contributed by atoms with Crippen LogP contribution >= 0.6 is 0 Å². The zero-order valence-electron chi connectivity index (χ0n) is 18.9. The number of pyridine rings is 1. The van der Waals surface area contributed by atoms with Gasteiger partial charge in [-0.05, 0) is 70.9 Å². The molecule has 0 radical (unpaired) electrons. The highest BCUT2D eigenvalue weighted by molar-refractivity contribution is 5.85. The van der Waals surface area contributed by atoms with E-state index in [2.05, 4.69) is 95.8 Å². The average molecular weight is 383 g/mol. The second-order valence-electron chi connectivity index (χ2n) is 10.7. The van der Waals surface area contributed by atoms with Crippen LogP contribution in [0.2, 0.25) is 0 Å². The summed E-state index contributed by atoms with van der Waals surface area (Å²) in [6.07, 6.45) is 4.65. The zero-order chi connectivity index (χ0) is 20.7. The highest BCUT2D eigenvalue weighted by Gasteiger charge is 2.44. The predicted octanol–water partition coefficient (Wildman–Crippen LogP) is 6.33. The summed E-state index contributed by atoms with van der Waals surface area (Å²) >= 11 is 0.